The number of ether oxygens (including phenoxy) is 1. The number of benzene rings is 2. The van der Waals surface area contributed by atoms with Crippen LogP contribution in [-0.4, -0.2) is 52.1 Å². The number of aromatic hydroxyl groups is 1. The summed E-state index contributed by atoms with van der Waals surface area (Å²) >= 11 is 0. The number of amides is 3. The van der Waals surface area contributed by atoms with Gasteiger partial charge in [-0.2, -0.15) is 0 Å². The van der Waals surface area contributed by atoms with Crippen LogP contribution in [0.15, 0.2) is 48.5 Å². The molecule has 0 saturated carbocycles. The second-order valence-electron chi connectivity index (χ2n) is 10.9. The highest BCUT2D eigenvalue weighted by atomic mass is 16.6. The Morgan fingerprint density at radius 1 is 1.02 bits per heavy atom. The van der Waals surface area contributed by atoms with Gasteiger partial charge in [-0.3, -0.25) is 9.59 Å². The molecule has 2 aromatic rings. The first-order valence-electron chi connectivity index (χ1n) is 13.8. The third kappa shape index (κ3) is 9.64. The second kappa shape index (κ2) is 15.0. The standard InChI is InChI=1S/C32H43N3O5/c1-8-13-22(4)33-29(37)28(26-15-12-11-14-24(26)10-3)35(20-9-2)30(38)27(34-31(39)40-32(5,6)7)21-23-16-18-25(36)19-17-23/h3,11-12,14-19,22,27-28,36H,8-9,13,20-21H2,1-2,4-7H3,(H,33,37)(H,34,39). The molecule has 2 rings (SSSR count). The number of hydrogen-bond donors (Lipinski definition) is 3. The van der Waals surface area contributed by atoms with E-state index in [9.17, 15) is 19.5 Å². The van der Waals surface area contributed by atoms with Crippen molar-refractivity contribution in [2.45, 2.75) is 91.0 Å². The zero-order chi connectivity index (χ0) is 29.9. The zero-order valence-corrected chi connectivity index (χ0v) is 24.5. The molecule has 3 unspecified atom stereocenters. The van der Waals surface area contributed by atoms with Gasteiger partial charge in [-0.1, -0.05) is 56.5 Å². The zero-order valence-electron chi connectivity index (χ0n) is 24.5. The normalized spacial score (nSPS) is 13.3. The van der Waals surface area contributed by atoms with Crippen molar-refractivity contribution in [3.8, 4) is 18.1 Å². The fraction of sp³-hybridized carbons (Fsp3) is 0.469. The highest BCUT2D eigenvalue weighted by Crippen LogP contribution is 2.27. The van der Waals surface area contributed by atoms with Crippen molar-refractivity contribution in [3.63, 3.8) is 0 Å². The van der Waals surface area contributed by atoms with Gasteiger partial charge in [0.25, 0.3) is 0 Å². The van der Waals surface area contributed by atoms with Crippen LogP contribution in [0.2, 0.25) is 0 Å². The van der Waals surface area contributed by atoms with Gasteiger partial charge in [0.1, 0.15) is 23.4 Å². The summed E-state index contributed by atoms with van der Waals surface area (Å²) in [6.45, 7) is 11.3. The molecule has 8 heteroatoms. The van der Waals surface area contributed by atoms with Gasteiger partial charge in [-0.15, -0.1) is 6.42 Å². The lowest BCUT2D eigenvalue weighted by atomic mass is 9.96. The number of alkyl carbamates (subject to hydrolysis) is 1. The largest absolute Gasteiger partial charge is 0.508 e. The lowest BCUT2D eigenvalue weighted by Gasteiger charge is -2.35. The van der Waals surface area contributed by atoms with Crippen LogP contribution >= 0.6 is 0 Å². The number of phenolic OH excluding ortho intramolecular Hbond substituents is 1. The fourth-order valence-electron chi connectivity index (χ4n) is 4.47. The van der Waals surface area contributed by atoms with Gasteiger partial charge in [0, 0.05) is 24.6 Å². The summed E-state index contributed by atoms with van der Waals surface area (Å²) in [5.41, 5.74) is 0.983. The van der Waals surface area contributed by atoms with E-state index in [1.807, 2.05) is 20.8 Å². The monoisotopic (exact) mass is 549 g/mol. The summed E-state index contributed by atoms with van der Waals surface area (Å²) in [5, 5.41) is 15.5. The van der Waals surface area contributed by atoms with E-state index < -0.39 is 29.7 Å². The third-order valence-corrected chi connectivity index (χ3v) is 6.19. The van der Waals surface area contributed by atoms with Crippen molar-refractivity contribution >= 4 is 17.9 Å². The number of nitrogens with one attached hydrogen (secondary N) is 2. The smallest absolute Gasteiger partial charge is 0.408 e. The summed E-state index contributed by atoms with van der Waals surface area (Å²) in [6.07, 6.45) is 7.41. The van der Waals surface area contributed by atoms with E-state index in [0.29, 0.717) is 23.1 Å². The van der Waals surface area contributed by atoms with Crippen molar-refractivity contribution in [1.82, 2.24) is 15.5 Å². The molecule has 0 heterocycles. The quantitative estimate of drug-likeness (QED) is 0.320. The van der Waals surface area contributed by atoms with Crippen LogP contribution in [0.3, 0.4) is 0 Å². The predicted molar refractivity (Wildman–Crippen MR) is 157 cm³/mol. The molecule has 0 aliphatic rings. The SMILES string of the molecule is C#Cc1ccccc1C(C(=O)NC(C)CCC)N(CCC)C(=O)C(Cc1ccc(O)cc1)NC(=O)OC(C)(C)C. The minimum atomic E-state index is -1.05. The summed E-state index contributed by atoms with van der Waals surface area (Å²) in [7, 11) is 0. The van der Waals surface area contributed by atoms with Crippen molar-refractivity contribution in [2.75, 3.05) is 6.54 Å². The Morgan fingerprint density at radius 2 is 1.68 bits per heavy atom. The van der Waals surface area contributed by atoms with Crippen LogP contribution in [0.1, 0.15) is 83.5 Å². The highest BCUT2D eigenvalue weighted by Gasteiger charge is 2.37. The Kier molecular flexibility index (Phi) is 12.1. The van der Waals surface area contributed by atoms with Gasteiger partial charge in [0.05, 0.1) is 0 Å². The van der Waals surface area contributed by atoms with E-state index in [4.69, 9.17) is 11.2 Å². The molecule has 3 atom stereocenters. The van der Waals surface area contributed by atoms with Gasteiger partial charge in [0.2, 0.25) is 11.8 Å². The van der Waals surface area contributed by atoms with E-state index in [1.54, 1.807) is 57.2 Å². The Balaban J connectivity index is 2.58. The van der Waals surface area contributed by atoms with Crippen LogP contribution in [0.25, 0.3) is 0 Å². The van der Waals surface area contributed by atoms with Crippen LogP contribution in [0.4, 0.5) is 4.79 Å². The number of carbonyl (C=O) groups is 3. The summed E-state index contributed by atoms with van der Waals surface area (Å²) in [5.74, 6) is 1.94. The van der Waals surface area contributed by atoms with Crippen molar-refractivity contribution in [3.05, 3.63) is 65.2 Å². The maximum absolute atomic E-state index is 14.3. The topological polar surface area (TPSA) is 108 Å². The maximum Gasteiger partial charge on any atom is 0.408 e. The van der Waals surface area contributed by atoms with E-state index in [2.05, 4.69) is 16.6 Å². The summed E-state index contributed by atoms with van der Waals surface area (Å²) < 4.78 is 5.46. The van der Waals surface area contributed by atoms with Crippen molar-refractivity contribution in [1.29, 1.82) is 0 Å². The Labute approximate surface area is 238 Å². The molecule has 0 aliphatic heterocycles. The molecular weight excluding hydrogens is 506 g/mol. The highest BCUT2D eigenvalue weighted by molar-refractivity contribution is 5.92. The van der Waals surface area contributed by atoms with Gasteiger partial charge in [-0.05, 0) is 69.9 Å². The van der Waals surface area contributed by atoms with Crippen molar-refractivity contribution < 1.29 is 24.2 Å². The molecule has 2 aromatic carbocycles. The molecule has 0 fully saturated rings. The van der Waals surface area contributed by atoms with Gasteiger partial charge >= 0.3 is 6.09 Å². The molecule has 216 valence electrons. The number of nitrogens with zero attached hydrogens (tertiary/aromatic N) is 1. The molecule has 40 heavy (non-hydrogen) atoms. The predicted octanol–water partition coefficient (Wildman–Crippen LogP) is 5.09. The second-order valence-corrected chi connectivity index (χ2v) is 10.9. The first-order valence-corrected chi connectivity index (χ1v) is 13.8. The Hall–Kier alpha value is -3.99. The van der Waals surface area contributed by atoms with Crippen LogP contribution < -0.4 is 10.6 Å². The Morgan fingerprint density at radius 3 is 2.25 bits per heavy atom. The van der Waals surface area contributed by atoms with E-state index >= 15 is 0 Å². The molecule has 0 aromatic heterocycles. The number of phenols is 1. The van der Waals surface area contributed by atoms with Crippen LogP contribution in [0.5, 0.6) is 5.75 Å². The molecule has 3 amide bonds. The van der Waals surface area contributed by atoms with Gasteiger partial charge < -0.3 is 25.4 Å². The molecule has 3 N–H and O–H groups in total. The number of hydrogen-bond acceptors (Lipinski definition) is 5. The number of carbonyl (C=O) groups excluding carboxylic acids is 3. The molecule has 8 nitrogen and oxygen atoms in total. The Bertz CT molecular complexity index is 1180. The minimum Gasteiger partial charge on any atom is -0.508 e. The minimum absolute atomic E-state index is 0.0863. The molecule has 0 spiro atoms. The molecule has 0 aliphatic carbocycles. The molecule has 0 radical (unpaired) electrons. The first kappa shape index (κ1) is 32.2. The number of terminal acetylenes is 1. The van der Waals surface area contributed by atoms with Gasteiger partial charge in [-0.25, -0.2) is 4.79 Å². The van der Waals surface area contributed by atoms with Gasteiger partial charge in [0.15, 0.2) is 0 Å². The van der Waals surface area contributed by atoms with Crippen molar-refractivity contribution in [2.24, 2.45) is 0 Å². The third-order valence-electron chi connectivity index (χ3n) is 6.19. The molecule has 0 saturated heterocycles. The number of rotatable bonds is 12. The lowest BCUT2D eigenvalue weighted by Crippen LogP contribution is -2.54. The molecule has 0 bridgehead atoms. The van der Waals surface area contributed by atoms with Crippen LogP contribution in [-0.2, 0) is 20.7 Å². The average molecular weight is 550 g/mol. The van der Waals surface area contributed by atoms with E-state index in [0.717, 1.165) is 12.8 Å². The summed E-state index contributed by atoms with van der Waals surface area (Å²) in [6, 6.07) is 11.3. The lowest BCUT2D eigenvalue weighted by molar-refractivity contribution is -0.142. The first-order chi connectivity index (χ1) is 18.9. The average Bonchev–Trinajstić information content (AvgIpc) is 2.88. The fourth-order valence-corrected chi connectivity index (χ4v) is 4.47. The van der Waals surface area contributed by atoms with Crippen LogP contribution in [0, 0.1) is 12.3 Å². The van der Waals surface area contributed by atoms with E-state index in [1.165, 1.54) is 17.0 Å². The molecular formula is C32H43N3O5. The summed E-state index contributed by atoms with van der Waals surface area (Å²) in [4.78, 5) is 42.5. The van der Waals surface area contributed by atoms with E-state index in [-0.39, 0.29) is 30.7 Å². The maximum atomic E-state index is 14.3.